The molecule has 0 aliphatic carbocycles. The van der Waals surface area contributed by atoms with Gasteiger partial charge in [0.1, 0.15) is 0 Å². The number of hydrogen-bond acceptors (Lipinski definition) is 4. The average Bonchev–Trinajstić information content (AvgIpc) is 3.49. The molecule has 0 bridgehead atoms. The van der Waals surface area contributed by atoms with Gasteiger partial charge in [0, 0.05) is 43.1 Å². The van der Waals surface area contributed by atoms with Crippen molar-refractivity contribution in [3.8, 4) is 6.07 Å². The second-order valence-electron chi connectivity index (χ2n) is 11.7. The average molecular weight is 598 g/mol. The number of hydrogen-bond donors (Lipinski definition) is 1. The van der Waals surface area contributed by atoms with Gasteiger partial charge in [-0.3, -0.25) is 9.59 Å². The van der Waals surface area contributed by atoms with Crippen LogP contribution in [0.25, 0.3) is 10.8 Å². The van der Waals surface area contributed by atoms with Crippen LogP contribution in [-0.2, 0) is 24.3 Å². The van der Waals surface area contributed by atoms with Gasteiger partial charge in [0.2, 0.25) is 5.91 Å². The molecule has 4 aromatic carbocycles. The SMILES string of the molecule is CC[C@H](C)[C@@H](CN(Cc1cccc2ccccc12)C(=O)c1ccc(C)cc1)NC(=O)Cc1cncn1Cc1ccc(C#N)cc1. The van der Waals surface area contributed by atoms with Gasteiger partial charge < -0.3 is 14.8 Å². The molecule has 0 unspecified atom stereocenters. The molecule has 7 nitrogen and oxygen atoms in total. The first kappa shape index (κ1) is 31.2. The van der Waals surface area contributed by atoms with Crippen LogP contribution in [0.1, 0.15) is 58.6 Å². The lowest BCUT2D eigenvalue weighted by molar-refractivity contribution is -0.121. The van der Waals surface area contributed by atoms with E-state index in [-0.39, 0.29) is 30.2 Å². The summed E-state index contributed by atoms with van der Waals surface area (Å²) in [6.45, 7) is 7.58. The van der Waals surface area contributed by atoms with Gasteiger partial charge in [-0.15, -0.1) is 0 Å². The Labute approximate surface area is 265 Å². The van der Waals surface area contributed by atoms with E-state index in [0.29, 0.717) is 30.8 Å². The van der Waals surface area contributed by atoms with Crippen LogP contribution in [0.15, 0.2) is 104 Å². The third-order valence-corrected chi connectivity index (χ3v) is 8.50. The Morgan fingerprint density at radius 3 is 2.44 bits per heavy atom. The highest BCUT2D eigenvalue weighted by molar-refractivity contribution is 5.95. The van der Waals surface area contributed by atoms with Crippen molar-refractivity contribution in [1.82, 2.24) is 19.8 Å². The summed E-state index contributed by atoms with van der Waals surface area (Å²) >= 11 is 0. The van der Waals surface area contributed by atoms with Gasteiger partial charge in [-0.1, -0.05) is 92.6 Å². The molecule has 0 spiro atoms. The van der Waals surface area contributed by atoms with E-state index < -0.39 is 0 Å². The van der Waals surface area contributed by atoms with Crippen LogP contribution >= 0.6 is 0 Å². The highest BCUT2D eigenvalue weighted by Crippen LogP contribution is 2.22. The molecule has 1 heterocycles. The van der Waals surface area contributed by atoms with Gasteiger partial charge in [0.05, 0.1) is 24.4 Å². The number of imidazole rings is 1. The van der Waals surface area contributed by atoms with Gasteiger partial charge in [-0.25, -0.2) is 4.98 Å². The number of carbonyl (C=O) groups is 2. The molecule has 0 fully saturated rings. The van der Waals surface area contributed by atoms with E-state index in [2.05, 4.69) is 54.5 Å². The quantitative estimate of drug-likeness (QED) is 0.174. The fourth-order valence-corrected chi connectivity index (χ4v) is 5.57. The molecule has 0 aliphatic rings. The van der Waals surface area contributed by atoms with Crippen molar-refractivity contribution in [3.63, 3.8) is 0 Å². The standard InChI is InChI=1S/C38H39N5O2/c1-4-28(3)36(41-37(44)20-34-22-40-26-43(34)23-30-16-14-29(21-39)15-17-30)25-42(38(45)32-18-12-27(2)13-19-32)24-33-10-7-9-31-8-5-6-11-35(31)33/h5-19,22,26,28,36H,4,20,23-25H2,1-3H3,(H,41,44)/t28-,36+/m0/s1. The molecule has 5 rings (SSSR count). The number of fused-ring (bicyclic) bond motifs is 1. The van der Waals surface area contributed by atoms with Gasteiger partial charge in [0.15, 0.2) is 0 Å². The number of aromatic nitrogens is 2. The molecule has 2 amide bonds. The summed E-state index contributed by atoms with van der Waals surface area (Å²) in [6, 6.07) is 31.4. The highest BCUT2D eigenvalue weighted by Gasteiger charge is 2.26. The van der Waals surface area contributed by atoms with E-state index in [1.807, 2.05) is 71.0 Å². The highest BCUT2D eigenvalue weighted by atomic mass is 16.2. The number of carbonyl (C=O) groups excluding carboxylic acids is 2. The van der Waals surface area contributed by atoms with Crippen molar-refractivity contribution in [2.75, 3.05) is 6.54 Å². The maximum Gasteiger partial charge on any atom is 0.254 e. The van der Waals surface area contributed by atoms with Gasteiger partial charge in [-0.05, 0) is 59.0 Å². The molecule has 0 radical (unpaired) electrons. The van der Waals surface area contributed by atoms with E-state index in [1.165, 1.54) is 0 Å². The van der Waals surface area contributed by atoms with E-state index >= 15 is 0 Å². The van der Waals surface area contributed by atoms with Gasteiger partial charge in [-0.2, -0.15) is 5.26 Å². The van der Waals surface area contributed by atoms with Crippen molar-refractivity contribution in [2.45, 2.75) is 52.7 Å². The lowest BCUT2D eigenvalue weighted by Gasteiger charge is -2.32. The van der Waals surface area contributed by atoms with Crippen LogP contribution in [0.4, 0.5) is 0 Å². The summed E-state index contributed by atoms with van der Waals surface area (Å²) in [5.41, 5.74) is 5.20. The fraction of sp³-hybridized carbons (Fsp3) is 0.263. The summed E-state index contributed by atoms with van der Waals surface area (Å²) < 4.78 is 1.95. The molecule has 0 saturated carbocycles. The van der Waals surface area contributed by atoms with Crippen LogP contribution in [-0.4, -0.2) is 38.9 Å². The second kappa shape index (κ2) is 14.5. The van der Waals surface area contributed by atoms with Crippen molar-refractivity contribution >= 4 is 22.6 Å². The third kappa shape index (κ3) is 7.84. The Morgan fingerprint density at radius 1 is 0.978 bits per heavy atom. The maximum absolute atomic E-state index is 14.0. The van der Waals surface area contributed by atoms with Crippen LogP contribution < -0.4 is 5.32 Å². The molecule has 2 atom stereocenters. The van der Waals surface area contributed by atoms with Crippen LogP contribution in [0.3, 0.4) is 0 Å². The normalized spacial score (nSPS) is 12.3. The lowest BCUT2D eigenvalue weighted by atomic mass is 9.97. The number of nitriles is 1. The molecule has 228 valence electrons. The topological polar surface area (TPSA) is 91.0 Å². The van der Waals surface area contributed by atoms with Crippen molar-refractivity contribution in [1.29, 1.82) is 5.26 Å². The minimum absolute atomic E-state index is 0.0639. The molecular formula is C38H39N5O2. The van der Waals surface area contributed by atoms with Crippen LogP contribution in [0.2, 0.25) is 0 Å². The maximum atomic E-state index is 14.0. The monoisotopic (exact) mass is 597 g/mol. The summed E-state index contributed by atoms with van der Waals surface area (Å²) in [6.07, 6.45) is 4.45. The summed E-state index contributed by atoms with van der Waals surface area (Å²) in [5.74, 6) is -0.0425. The Kier molecular flexibility index (Phi) is 10.1. The molecule has 1 aromatic heterocycles. The Bertz CT molecular complexity index is 1800. The van der Waals surface area contributed by atoms with Crippen molar-refractivity contribution < 1.29 is 9.59 Å². The number of rotatable bonds is 12. The number of nitrogens with one attached hydrogen (secondary N) is 1. The Balaban J connectivity index is 1.36. The largest absolute Gasteiger partial charge is 0.351 e. The second-order valence-corrected chi connectivity index (χ2v) is 11.7. The summed E-state index contributed by atoms with van der Waals surface area (Å²) in [5, 5.41) is 14.6. The third-order valence-electron chi connectivity index (χ3n) is 8.50. The van der Waals surface area contributed by atoms with E-state index in [4.69, 9.17) is 5.26 Å². The van der Waals surface area contributed by atoms with Crippen LogP contribution in [0, 0.1) is 24.2 Å². The summed E-state index contributed by atoms with van der Waals surface area (Å²) in [7, 11) is 0. The van der Waals surface area contributed by atoms with Gasteiger partial charge in [0.25, 0.3) is 5.91 Å². The molecule has 1 N–H and O–H groups in total. The Morgan fingerprint density at radius 2 is 1.71 bits per heavy atom. The number of aryl methyl sites for hydroxylation is 1. The smallest absolute Gasteiger partial charge is 0.254 e. The predicted octanol–water partition coefficient (Wildman–Crippen LogP) is 6.68. The molecule has 0 saturated heterocycles. The molecule has 0 aliphatic heterocycles. The zero-order chi connectivity index (χ0) is 31.8. The minimum atomic E-state index is -0.248. The molecule has 5 aromatic rings. The van der Waals surface area contributed by atoms with Gasteiger partial charge >= 0.3 is 0 Å². The zero-order valence-electron chi connectivity index (χ0n) is 26.1. The first-order valence-electron chi connectivity index (χ1n) is 15.4. The minimum Gasteiger partial charge on any atom is -0.351 e. The number of benzene rings is 4. The van der Waals surface area contributed by atoms with E-state index in [1.54, 1.807) is 24.7 Å². The Hall–Kier alpha value is -5.22. The zero-order valence-corrected chi connectivity index (χ0v) is 26.1. The fourth-order valence-electron chi connectivity index (χ4n) is 5.57. The molecule has 45 heavy (non-hydrogen) atoms. The summed E-state index contributed by atoms with van der Waals surface area (Å²) in [4.78, 5) is 33.7. The van der Waals surface area contributed by atoms with Crippen LogP contribution in [0.5, 0.6) is 0 Å². The number of amides is 2. The van der Waals surface area contributed by atoms with E-state index in [9.17, 15) is 9.59 Å². The van der Waals surface area contributed by atoms with Crippen molar-refractivity contribution in [2.24, 2.45) is 5.92 Å². The van der Waals surface area contributed by atoms with Crippen molar-refractivity contribution in [3.05, 3.63) is 137 Å². The molecule has 7 heteroatoms. The first-order chi connectivity index (χ1) is 21.8. The lowest BCUT2D eigenvalue weighted by Crippen LogP contribution is -2.49. The number of nitrogens with zero attached hydrogens (tertiary/aromatic N) is 4. The predicted molar refractivity (Wildman–Crippen MR) is 177 cm³/mol. The first-order valence-corrected chi connectivity index (χ1v) is 15.4. The van der Waals surface area contributed by atoms with E-state index in [0.717, 1.165) is 39.6 Å². The molecular weight excluding hydrogens is 558 g/mol.